The fraction of sp³-hybridized carbons (Fsp3) is 1.00. The second kappa shape index (κ2) is 23.7. The molecule has 0 spiro atoms. The maximum atomic E-state index is 5.34. The van der Waals surface area contributed by atoms with Gasteiger partial charge in [-0.2, -0.15) is 11.8 Å². The normalized spacial score (nSPS) is 11.9. The average Bonchev–Trinajstić information content (AvgIpc) is 2.60. The van der Waals surface area contributed by atoms with Crippen molar-refractivity contribution < 1.29 is 4.12 Å². The molecule has 0 saturated heterocycles. The number of rotatable bonds is 21. The van der Waals surface area contributed by atoms with Crippen LogP contribution in [0.25, 0.3) is 0 Å². The molecule has 0 aliphatic heterocycles. The lowest BCUT2D eigenvalue weighted by molar-refractivity contribution is 0.532. The minimum absolute atomic E-state index is 0.105. The van der Waals surface area contributed by atoms with Gasteiger partial charge in [-0.25, -0.2) is 0 Å². The first kappa shape index (κ1) is 24.7. The highest BCUT2D eigenvalue weighted by Crippen LogP contribution is 2.14. The molecule has 0 radical (unpaired) electrons. The Morgan fingerprint density at radius 2 is 1.04 bits per heavy atom. The van der Waals surface area contributed by atoms with Crippen LogP contribution in [-0.2, 0) is 4.12 Å². The Kier molecular flexibility index (Phi) is 24.5. The van der Waals surface area contributed by atoms with Crippen molar-refractivity contribution in [1.29, 1.82) is 0 Å². The molecule has 0 amide bonds. The minimum Gasteiger partial charge on any atom is -0.468 e. The van der Waals surface area contributed by atoms with Gasteiger partial charge in [0, 0.05) is 0 Å². The van der Waals surface area contributed by atoms with Gasteiger partial charge in [0.1, 0.15) is 20.2 Å². The van der Waals surface area contributed by atoms with Crippen LogP contribution < -0.4 is 0 Å². The molecule has 0 aliphatic carbocycles. The molecule has 0 aromatic carbocycles. The molecule has 0 unspecified atom stereocenters. The third-order valence-corrected chi connectivity index (χ3v) is 8.72. The summed E-state index contributed by atoms with van der Waals surface area (Å²) in [6.07, 6.45) is 23.5. The molecular formula is C20H46OSSi2. The molecule has 0 atom stereocenters. The molecule has 0 heterocycles. The maximum Gasteiger partial charge on any atom is 0.146 e. The second-order valence-electron chi connectivity index (χ2n) is 7.26. The predicted molar refractivity (Wildman–Crippen MR) is 121 cm³/mol. The highest BCUT2D eigenvalue weighted by atomic mass is 32.2. The van der Waals surface area contributed by atoms with Crippen molar-refractivity contribution in [1.82, 2.24) is 0 Å². The minimum atomic E-state index is -0.105. The molecule has 0 bridgehead atoms. The molecule has 0 rings (SSSR count). The topological polar surface area (TPSA) is 9.23 Å². The third-order valence-electron chi connectivity index (χ3n) is 4.78. The van der Waals surface area contributed by atoms with E-state index in [4.69, 9.17) is 4.12 Å². The van der Waals surface area contributed by atoms with Crippen LogP contribution in [0.15, 0.2) is 0 Å². The summed E-state index contributed by atoms with van der Waals surface area (Å²) in [5.41, 5.74) is 0. The van der Waals surface area contributed by atoms with Gasteiger partial charge in [-0.15, -0.1) is 0 Å². The summed E-state index contributed by atoms with van der Waals surface area (Å²) < 4.78 is 5.34. The van der Waals surface area contributed by atoms with Gasteiger partial charge < -0.3 is 4.12 Å². The molecule has 0 aromatic heterocycles. The molecule has 0 fully saturated rings. The lowest BCUT2D eigenvalue weighted by atomic mass is 10.0. The summed E-state index contributed by atoms with van der Waals surface area (Å²) in [6, 6.07) is 1.38. The summed E-state index contributed by atoms with van der Waals surface area (Å²) in [7, 11) is 0.857. The Bertz CT molecular complexity index is 196. The highest BCUT2D eigenvalue weighted by molar-refractivity contribution is 7.99. The SMILES string of the molecule is CCCCCCCCCCCCCCCCCCSCC[SiH2]O[SiH3]. The summed E-state index contributed by atoms with van der Waals surface area (Å²) >= 11 is 2.15. The van der Waals surface area contributed by atoms with Crippen molar-refractivity contribution in [3.8, 4) is 0 Å². The van der Waals surface area contributed by atoms with E-state index >= 15 is 0 Å². The first-order valence-electron chi connectivity index (χ1n) is 11.0. The van der Waals surface area contributed by atoms with E-state index in [1.54, 1.807) is 0 Å². The lowest BCUT2D eigenvalue weighted by Gasteiger charge is -2.04. The Morgan fingerprint density at radius 1 is 0.625 bits per heavy atom. The predicted octanol–water partition coefficient (Wildman–Crippen LogP) is 5.78. The van der Waals surface area contributed by atoms with Crippen LogP contribution >= 0.6 is 11.8 Å². The van der Waals surface area contributed by atoms with E-state index < -0.39 is 0 Å². The monoisotopic (exact) mass is 390 g/mol. The molecule has 0 N–H and O–H groups in total. The van der Waals surface area contributed by atoms with Gasteiger partial charge in [0.15, 0.2) is 0 Å². The Labute approximate surface area is 163 Å². The molecule has 4 heteroatoms. The van der Waals surface area contributed by atoms with Crippen LogP contribution in [0.3, 0.4) is 0 Å². The standard InChI is InChI=1S/C20H46OSSi2/c1-2-3-4-5-6-7-8-9-10-11-12-13-14-15-16-17-18-22-19-20-24-21-23/h2-20,24H2,1,23H3. The van der Waals surface area contributed by atoms with Crippen LogP contribution in [0.5, 0.6) is 0 Å². The van der Waals surface area contributed by atoms with Crippen LogP contribution in [0, 0.1) is 0 Å². The third kappa shape index (κ3) is 22.7. The molecular weight excluding hydrogens is 344 g/mol. The Morgan fingerprint density at radius 3 is 1.46 bits per heavy atom. The van der Waals surface area contributed by atoms with Crippen molar-refractivity contribution in [3.63, 3.8) is 0 Å². The second-order valence-corrected chi connectivity index (χ2v) is 11.9. The van der Waals surface area contributed by atoms with Gasteiger partial charge in [-0.3, -0.25) is 0 Å². The number of hydrogen-bond acceptors (Lipinski definition) is 2. The zero-order valence-electron chi connectivity index (χ0n) is 17.0. The van der Waals surface area contributed by atoms with Crippen LogP contribution in [0.1, 0.15) is 110 Å². The fourth-order valence-electron chi connectivity index (χ4n) is 3.16. The smallest absolute Gasteiger partial charge is 0.146 e. The van der Waals surface area contributed by atoms with Crippen molar-refractivity contribution in [2.75, 3.05) is 11.5 Å². The van der Waals surface area contributed by atoms with Gasteiger partial charge in [-0.05, 0) is 24.0 Å². The Hall–Kier alpha value is 0.744. The van der Waals surface area contributed by atoms with E-state index in [1.165, 1.54) is 120 Å². The summed E-state index contributed by atoms with van der Waals surface area (Å²) in [5.74, 6) is 2.74. The van der Waals surface area contributed by atoms with Gasteiger partial charge in [0.2, 0.25) is 0 Å². The molecule has 0 saturated carbocycles. The summed E-state index contributed by atoms with van der Waals surface area (Å²) in [4.78, 5) is 0. The Balaban J connectivity index is 2.93. The van der Waals surface area contributed by atoms with Crippen LogP contribution in [0.2, 0.25) is 6.04 Å². The van der Waals surface area contributed by atoms with Gasteiger partial charge >= 0.3 is 0 Å². The van der Waals surface area contributed by atoms with Gasteiger partial charge in [0.25, 0.3) is 0 Å². The molecule has 146 valence electrons. The molecule has 0 aromatic rings. The zero-order valence-corrected chi connectivity index (χ0v) is 21.2. The van der Waals surface area contributed by atoms with Crippen molar-refractivity contribution in [2.45, 2.75) is 116 Å². The van der Waals surface area contributed by atoms with E-state index in [0.29, 0.717) is 0 Å². The largest absolute Gasteiger partial charge is 0.468 e. The summed E-state index contributed by atoms with van der Waals surface area (Å²) in [6.45, 7) is 2.30. The first-order valence-corrected chi connectivity index (χ1v) is 14.5. The van der Waals surface area contributed by atoms with Crippen molar-refractivity contribution in [2.24, 2.45) is 0 Å². The molecule has 1 nitrogen and oxygen atoms in total. The average molecular weight is 391 g/mol. The molecule has 24 heavy (non-hydrogen) atoms. The van der Waals surface area contributed by atoms with E-state index in [0.717, 1.165) is 10.5 Å². The van der Waals surface area contributed by atoms with E-state index in [9.17, 15) is 0 Å². The fourth-order valence-corrected chi connectivity index (χ4v) is 6.21. The molecule has 0 aliphatic rings. The summed E-state index contributed by atoms with van der Waals surface area (Å²) in [5, 5.41) is 0. The van der Waals surface area contributed by atoms with Crippen molar-refractivity contribution >= 4 is 32.0 Å². The van der Waals surface area contributed by atoms with Gasteiger partial charge in [-0.1, -0.05) is 103 Å². The zero-order chi connectivity index (χ0) is 17.6. The number of thioether (sulfide) groups is 1. The highest BCUT2D eigenvalue weighted by Gasteiger charge is 1.95. The van der Waals surface area contributed by atoms with E-state index in [1.807, 2.05) is 0 Å². The first-order chi connectivity index (χ1) is 11.9. The van der Waals surface area contributed by atoms with E-state index in [2.05, 4.69) is 18.7 Å². The quantitative estimate of drug-likeness (QED) is 0.181. The van der Waals surface area contributed by atoms with Crippen LogP contribution in [0.4, 0.5) is 0 Å². The van der Waals surface area contributed by atoms with Crippen molar-refractivity contribution in [3.05, 3.63) is 0 Å². The van der Waals surface area contributed by atoms with Crippen LogP contribution in [-0.4, -0.2) is 31.8 Å². The number of hydrogen-bond donors (Lipinski definition) is 0. The number of unbranched alkanes of at least 4 members (excludes halogenated alkanes) is 15. The van der Waals surface area contributed by atoms with Gasteiger partial charge in [0.05, 0.1) is 0 Å². The lowest BCUT2D eigenvalue weighted by Crippen LogP contribution is -1.95. The van der Waals surface area contributed by atoms with E-state index in [-0.39, 0.29) is 9.76 Å². The maximum absolute atomic E-state index is 5.34.